The van der Waals surface area contributed by atoms with E-state index in [0.717, 1.165) is 35.8 Å². The number of nitrogens with zero attached hydrogens (tertiary/aromatic N) is 1. The van der Waals surface area contributed by atoms with Gasteiger partial charge < -0.3 is 0 Å². The van der Waals surface area contributed by atoms with Crippen LogP contribution in [0.2, 0.25) is 0 Å². The third-order valence-corrected chi connectivity index (χ3v) is 7.77. The average Bonchev–Trinajstić information content (AvgIpc) is 2.86. The van der Waals surface area contributed by atoms with Gasteiger partial charge in [0.2, 0.25) is 0 Å². The Morgan fingerprint density at radius 3 is 2.14 bits per heavy atom. The molecule has 0 amide bonds. The van der Waals surface area contributed by atoms with E-state index in [0.29, 0.717) is 29.4 Å². The minimum absolute atomic E-state index is 0.269. The van der Waals surface area contributed by atoms with E-state index in [9.17, 15) is 8.78 Å². The fraction of sp³-hybridized carbons (Fsp3) is 0.452. The monoisotopic (exact) mass is 477 g/mol. The van der Waals surface area contributed by atoms with Crippen LogP contribution in [0.5, 0.6) is 0 Å². The van der Waals surface area contributed by atoms with Crippen molar-refractivity contribution in [3.8, 4) is 6.07 Å². The van der Waals surface area contributed by atoms with Crippen LogP contribution >= 0.6 is 0 Å². The third-order valence-electron chi connectivity index (χ3n) is 7.77. The summed E-state index contributed by atoms with van der Waals surface area (Å²) in [6.07, 6.45) is 12.3. The van der Waals surface area contributed by atoms with E-state index in [2.05, 4.69) is 13.0 Å². The first-order valence-corrected chi connectivity index (χ1v) is 13.1. The van der Waals surface area contributed by atoms with E-state index in [1.165, 1.54) is 63.0 Å². The van der Waals surface area contributed by atoms with Gasteiger partial charge in [-0.15, -0.1) is 0 Å². The zero-order valence-electron chi connectivity index (χ0n) is 20.6. The van der Waals surface area contributed by atoms with Crippen molar-refractivity contribution in [2.45, 2.75) is 77.6 Å². The number of aryl methyl sites for hydroxylation is 3. The van der Waals surface area contributed by atoms with Crippen molar-refractivity contribution in [3.63, 3.8) is 0 Å². The van der Waals surface area contributed by atoms with E-state index < -0.39 is 17.2 Å². The van der Waals surface area contributed by atoms with Crippen LogP contribution in [0, 0.1) is 40.6 Å². The molecule has 184 valence electrons. The summed E-state index contributed by atoms with van der Waals surface area (Å²) in [7, 11) is 0. The minimum Gasteiger partial charge on any atom is -0.206 e. The fourth-order valence-corrected chi connectivity index (χ4v) is 5.56. The van der Waals surface area contributed by atoms with Crippen molar-refractivity contribution in [1.29, 1.82) is 5.26 Å². The van der Waals surface area contributed by atoms with Crippen molar-refractivity contribution >= 4 is 10.8 Å². The number of halogens is 3. The maximum Gasteiger partial charge on any atom is 0.144 e. The largest absolute Gasteiger partial charge is 0.206 e. The highest BCUT2D eigenvalue weighted by Crippen LogP contribution is 2.34. The van der Waals surface area contributed by atoms with E-state index in [1.54, 1.807) is 6.07 Å². The van der Waals surface area contributed by atoms with Gasteiger partial charge in [-0.1, -0.05) is 82.2 Å². The second-order valence-corrected chi connectivity index (χ2v) is 10.2. The van der Waals surface area contributed by atoms with Gasteiger partial charge >= 0.3 is 0 Å². The Bertz CT molecular complexity index is 1180. The first-order valence-electron chi connectivity index (χ1n) is 13.1. The molecule has 1 saturated carbocycles. The summed E-state index contributed by atoms with van der Waals surface area (Å²) in [4.78, 5) is 0. The molecule has 3 aromatic rings. The molecule has 3 aromatic carbocycles. The van der Waals surface area contributed by atoms with Crippen LogP contribution < -0.4 is 0 Å². The number of hydrogen-bond acceptors (Lipinski definition) is 1. The number of hydrogen-bond donors (Lipinski definition) is 0. The van der Waals surface area contributed by atoms with Gasteiger partial charge in [-0.2, -0.15) is 5.26 Å². The van der Waals surface area contributed by atoms with Crippen molar-refractivity contribution < 1.29 is 13.2 Å². The highest BCUT2D eigenvalue weighted by molar-refractivity contribution is 5.84. The van der Waals surface area contributed by atoms with Crippen molar-refractivity contribution in [2.24, 2.45) is 11.8 Å². The molecule has 4 heteroatoms. The predicted octanol–water partition coefficient (Wildman–Crippen LogP) is 8.84. The Morgan fingerprint density at radius 1 is 0.800 bits per heavy atom. The Morgan fingerprint density at radius 2 is 1.49 bits per heavy atom. The molecule has 0 spiro atoms. The quantitative estimate of drug-likeness (QED) is 0.302. The van der Waals surface area contributed by atoms with Crippen molar-refractivity contribution in [1.82, 2.24) is 0 Å². The van der Waals surface area contributed by atoms with Gasteiger partial charge in [-0.25, -0.2) is 13.2 Å². The summed E-state index contributed by atoms with van der Waals surface area (Å²) < 4.78 is 42.9. The van der Waals surface area contributed by atoms with Gasteiger partial charge in [0.05, 0.1) is 0 Å². The molecule has 1 fully saturated rings. The molecule has 0 bridgehead atoms. The zero-order valence-corrected chi connectivity index (χ0v) is 20.6. The van der Waals surface area contributed by atoms with Gasteiger partial charge in [0.15, 0.2) is 0 Å². The van der Waals surface area contributed by atoms with E-state index >= 15 is 4.39 Å². The van der Waals surface area contributed by atoms with Gasteiger partial charge in [-0.3, -0.25) is 0 Å². The second kappa shape index (κ2) is 11.8. The van der Waals surface area contributed by atoms with Crippen molar-refractivity contribution in [3.05, 3.63) is 82.2 Å². The molecule has 0 heterocycles. The van der Waals surface area contributed by atoms with E-state index in [-0.39, 0.29) is 5.82 Å². The molecule has 1 aliphatic carbocycles. The summed E-state index contributed by atoms with van der Waals surface area (Å²) in [5, 5.41) is 10.3. The number of fused-ring (bicyclic) bond motifs is 1. The standard InChI is InChI=1S/C31H34F3N/c1-2-3-4-21-5-7-22(8-6-21)9-10-23-12-16-27-26(17-23)15-14-25(31(27)34)13-11-24-18-29(32)28(20-35)30(33)19-24/h12,14-19,21-22H,2-11,13H2,1H3. The normalized spacial score (nSPS) is 18.0. The predicted molar refractivity (Wildman–Crippen MR) is 136 cm³/mol. The number of nitriles is 1. The summed E-state index contributed by atoms with van der Waals surface area (Å²) in [6, 6.07) is 13.6. The molecule has 0 radical (unpaired) electrons. The van der Waals surface area contributed by atoms with Gasteiger partial charge in [0.1, 0.15) is 29.1 Å². The number of unbranched alkanes of at least 4 members (excludes halogenated alkanes) is 1. The summed E-state index contributed by atoms with van der Waals surface area (Å²) in [6.45, 7) is 2.27. The average molecular weight is 478 g/mol. The van der Waals surface area contributed by atoms with Gasteiger partial charge in [0.25, 0.3) is 0 Å². The topological polar surface area (TPSA) is 23.8 Å². The molecule has 0 atom stereocenters. The molecule has 0 saturated heterocycles. The fourth-order valence-electron chi connectivity index (χ4n) is 5.56. The molecular weight excluding hydrogens is 443 g/mol. The summed E-state index contributed by atoms with van der Waals surface area (Å²) in [5.74, 6) is -0.287. The molecule has 0 N–H and O–H groups in total. The van der Waals surface area contributed by atoms with E-state index in [4.69, 9.17) is 5.26 Å². The molecule has 0 aliphatic heterocycles. The van der Waals surface area contributed by atoms with Crippen LogP contribution in [0.3, 0.4) is 0 Å². The maximum absolute atomic E-state index is 15.2. The smallest absolute Gasteiger partial charge is 0.144 e. The minimum atomic E-state index is -0.876. The van der Waals surface area contributed by atoms with Crippen LogP contribution in [0.4, 0.5) is 13.2 Å². The van der Waals surface area contributed by atoms with Gasteiger partial charge in [0, 0.05) is 5.39 Å². The Balaban J connectivity index is 1.36. The van der Waals surface area contributed by atoms with Crippen LogP contribution in [0.25, 0.3) is 10.8 Å². The van der Waals surface area contributed by atoms with E-state index in [1.807, 2.05) is 18.2 Å². The lowest BCUT2D eigenvalue weighted by atomic mass is 9.78. The molecule has 4 rings (SSSR count). The second-order valence-electron chi connectivity index (χ2n) is 10.2. The van der Waals surface area contributed by atoms with Crippen LogP contribution in [-0.2, 0) is 19.3 Å². The maximum atomic E-state index is 15.2. The summed E-state index contributed by atoms with van der Waals surface area (Å²) in [5.41, 5.74) is 1.60. The Hall–Kier alpha value is -2.80. The Kier molecular flexibility index (Phi) is 8.50. The lowest BCUT2D eigenvalue weighted by Crippen LogP contribution is -2.15. The third kappa shape index (κ3) is 6.26. The summed E-state index contributed by atoms with van der Waals surface area (Å²) >= 11 is 0. The van der Waals surface area contributed by atoms with Crippen LogP contribution in [0.15, 0.2) is 42.5 Å². The van der Waals surface area contributed by atoms with Gasteiger partial charge in [-0.05, 0) is 71.7 Å². The molecular formula is C31H34F3N. The first kappa shape index (κ1) is 25.3. The van der Waals surface area contributed by atoms with Crippen LogP contribution in [-0.4, -0.2) is 0 Å². The SMILES string of the molecule is CCCCC1CCC(CCc2ccc3c(F)c(CCc4cc(F)c(C#N)c(F)c4)ccc3c2)CC1. The zero-order chi connectivity index (χ0) is 24.8. The lowest BCUT2D eigenvalue weighted by molar-refractivity contribution is 0.250. The highest BCUT2D eigenvalue weighted by atomic mass is 19.1. The molecule has 1 nitrogen and oxygen atoms in total. The number of benzene rings is 3. The molecule has 0 aromatic heterocycles. The number of rotatable bonds is 9. The highest BCUT2D eigenvalue weighted by Gasteiger charge is 2.20. The molecule has 0 unspecified atom stereocenters. The molecule has 1 aliphatic rings. The molecule has 35 heavy (non-hydrogen) atoms. The van der Waals surface area contributed by atoms with Crippen molar-refractivity contribution in [2.75, 3.05) is 0 Å². The lowest BCUT2D eigenvalue weighted by Gasteiger charge is -2.28. The van der Waals surface area contributed by atoms with Crippen LogP contribution in [0.1, 0.15) is 80.5 Å². The Labute approximate surface area is 207 Å². The first-order chi connectivity index (χ1) is 17.0.